The van der Waals surface area contributed by atoms with E-state index in [0.29, 0.717) is 12.3 Å². The van der Waals surface area contributed by atoms with E-state index in [1.165, 1.54) is 39.2 Å². The van der Waals surface area contributed by atoms with Gasteiger partial charge in [0.15, 0.2) is 0 Å². The van der Waals surface area contributed by atoms with Gasteiger partial charge >= 0.3 is 12.1 Å². The Labute approximate surface area is 127 Å². The zero-order valence-corrected chi connectivity index (χ0v) is 13.7. The van der Waals surface area contributed by atoms with Crippen LogP contribution in [0.5, 0.6) is 0 Å². The summed E-state index contributed by atoms with van der Waals surface area (Å²) in [5.41, 5.74) is -0.575. The van der Waals surface area contributed by atoms with Crippen LogP contribution in [-0.4, -0.2) is 30.8 Å². The lowest BCUT2D eigenvalue weighted by molar-refractivity contribution is -0.143. The number of hydrogen-bond acceptors (Lipinski definition) is 4. The van der Waals surface area contributed by atoms with Crippen molar-refractivity contribution in [3.05, 3.63) is 0 Å². The first kappa shape index (κ1) is 17.8. The van der Waals surface area contributed by atoms with E-state index in [4.69, 9.17) is 9.47 Å². The predicted octanol–water partition coefficient (Wildman–Crippen LogP) is 3.41. The molecule has 0 aromatic rings. The number of rotatable bonds is 5. The van der Waals surface area contributed by atoms with E-state index < -0.39 is 23.7 Å². The summed E-state index contributed by atoms with van der Waals surface area (Å²) in [6, 6.07) is -0.619. The Hall–Kier alpha value is -1.26. The highest BCUT2D eigenvalue weighted by atomic mass is 16.6. The summed E-state index contributed by atoms with van der Waals surface area (Å²) in [6.07, 6.45) is 7.28. The van der Waals surface area contributed by atoms with Crippen molar-refractivity contribution in [3.63, 3.8) is 0 Å². The molecule has 5 nitrogen and oxygen atoms in total. The zero-order chi connectivity index (χ0) is 15.9. The number of esters is 1. The summed E-state index contributed by atoms with van der Waals surface area (Å²) >= 11 is 0. The molecule has 1 aliphatic rings. The molecule has 0 bridgehead atoms. The van der Waals surface area contributed by atoms with Gasteiger partial charge in [-0.2, -0.15) is 0 Å². The molecular formula is C16H29NO4. The molecule has 1 rings (SSSR count). The summed E-state index contributed by atoms with van der Waals surface area (Å²) in [5, 5.41) is 2.63. The molecule has 122 valence electrons. The van der Waals surface area contributed by atoms with Crippen molar-refractivity contribution in [1.29, 1.82) is 0 Å². The van der Waals surface area contributed by atoms with Crippen LogP contribution in [0.25, 0.3) is 0 Å². The van der Waals surface area contributed by atoms with E-state index in [0.717, 1.165) is 6.42 Å². The first-order chi connectivity index (χ1) is 9.81. The smallest absolute Gasteiger partial charge is 0.408 e. The highest BCUT2D eigenvalue weighted by Crippen LogP contribution is 2.27. The molecule has 0 heterocycles. The maximum atomic E-state index is 11.8. The van der Waals surface area contributed by atoms with Crippen molar-refractivity contribution >= 4 is 12.1 Å². The van der Waals surface area contributed by atoms with Gasteiger partial charge in [-0.3, -0.25) is 0 Å². The molecule has 0 radical (unpaired) electrons. The maximum Gasteiger partial charge on any atom is 0.408 e. The van der Waals surface area contributed by atoms with Gasteiger partial charge < -0.3 is 14.8 Å². The SMILES string of the molecule is COC(=O)C(CCC1CCCCC1)NC(=O)OC(C)(C)C. The zero-order valence-electron chi connectivity index (χ0n) is 13.7. The van der Waals surface area contributed by atoms with E-state index in [1.54, 1.807) is 20.8 Å². The van der Waals surface area contributed by atoms with Crippen LogP contribution in [-0.2, 0) is 14.3 Å². The number of nitrogens with one attached hydrogen (secondary N) is 1. The maximum absolute atomic E-state index is 11.8. The molecule has 1 saturated carbocycles. The molecule has 0 aromatic carbocycles. The summed E-state index contributed by atoms with van der Waals surface area (Å²) in [5.74, 6) is 0.253. The van der Waals surface area contributed by atoms with E-state index in [-0.39, 0.29) is 0 Å². The third-order valence-electron chi connectivity index (χ3n) is 3.77. The minimum atomic E-state index is -0.619. The van der Waals surface area contributed by atoms with Crippen molar-refractivity contribution in [2.45, 2.75) is 77.4 Å². The normalized spacial score (nSPS) is 17.9. The average Bonchev–Trinajstić information content (AvgIpc) is 2.41. The summed E-state index contributed by atoms with van der Waals surface area (Å²) in [6.45, 7) is 5.38. The van der Waals surface area contributed by atoms with Crippen LogP contribution in [0.4, 0.5) is 4.79 Å². The van der Waals surface area contributed by atoms with Gasteiger partial charge in [0.25, 0.3) is 0 Å². The number of ether oxygens (including phenoxy) is 2. The molecule has 0 saturated heterocycles. The van der Waals surface area contributed by atoms with Crippen LogP contribution >= 0.6 is 0 Å². The summed E-state index contributed by atoms with van der Waals surface area (Å²) in [7, 11) is 1.34. The fourth-order valence-electron chi connectivity index (χ4n) is 2.72. The second-order valence-electron chi connectivity index (χ2n) is 6.80. The number of carbonyl (C=O) groups is 2. The molecular weight excluding hydrogens is 270 g/mol. The van der Waals surface area contributed by atoms with Gasteiger partial charge in [0.2, 0.25) is 0 Å². The van der Waals surface area contributed by atoms with Gasteiger partial charge in [-0.25, -0.2) is 9.59 Å². The Kier molecular flexibility index (Phi) is 6.99. The Bertz CT molecular complexity index is 343. The van der Waals surface area contributed by atoms with E-state index in [9.17, 15) is 9.59 Å². The fraction of sp³-hybridized carbons (Fsp3) is 0.875. The van der Waals surface area contributed by atoms with Gasteiger partial charge in [-0.05, 0) is 39.5 Å². The topological polar surface area (TPSA) is 64.6 Å². The van der Waals surface area contributed by atoms with Crippen LogP contribution < -0.4 is 5.32 Å². The van der Waals surface area contributed by atoms with Crippen molar-refractivity contribution in [3.8, 4) is 0 Å². The van der Waals surface area contributed by atoms with Gasteiger partial charge in [0.05, 0.1) is 7.11 Å². The first-order valence-corrected chi connectivity index (χ1v) is 7.89. The van der Waals surface area contributed by atoms with Gasteiger partial charge in [0.1, 0.15) is 11.6 Å². The number of amides is 1. The Morgan fingerprint density at radius 3 is 2.33 bits per heavy atom. The second kappa shape index (κ2) is 8.25. The second-order valence-corrected chi connectivity index (χ2v) is 6.80. The van der Waals surface area contributed by atoms with Crippen molar-refractivity contribution < 1.29 is 19.1 Å². The summed E-state index contributed by atoms with van der Waals surface area (Å²) in [4.78, 5) is 23.6. The molecule has 1 unspecified atom stereocenters. The number of carbonyl (C=O) groups excluding carboxylic acids is 2. The van der Waals surface area contributed by atoms with Crippen LogP contribution in [0.2, 0.25) is 0 Å². The Morgan fingerprint density at radius 1 is 1.19 bits per heavy atom. The van der Waals surface area contributed by atoms with Crippen molar-refractivity contribution in [2.75, 3.05) is 7.11 Å². The quantitative estimate of drug-likeness (QED) is 0.790. The number of alkyl carbamates (subject to hydrolysis) is 1. The number of methoxy groups -OCH3 is 1. The van der Waals surface area contributed by atoms with Crippen LogP contribution in [0.3, 0.4) is 0 Å². The molecule has 0 aliphatic heterocycles. The predicted molar refractivity (Wildman–Crippen MR) is 81.0 cm³/mol. The molecule has 0 aromatic heterocycles. The molecule has 21 heavy (non-hydrogen) atoms. The van der Waals surface area contributed by atoms with Crippen molar-refractivity contribution in [1.82, 2.24) is 5.32 Å². The Morgan fingerprint density at radius 2 is 1.81 bits per heavy atom. The van der Waals surface area contributed by atoms with Crippen molar-refractivity contribution in [2.24, 2.45) is 5.92 Å². The molecule has 5 heteroatoms. The fourth-order valence-corrected chi connectivity index (χ4v) is 2.72. The highest BCUT2D eigenvalue weighted by molar-refractivity contribution is 5.81. The van der Waals surface area contributed by atoms with Gasteiger partial charge in [0, 0.05) is 0 Å². The molecule has 1 amide bonds. The molecule has 1 fully saturated rings. The lowest BCUT2D eigenvalue weighted by atomic mass is 9.85. The lowest BCUT2D eigenvalue weighted by Gasteiger charge is -2.25. The molecule has 0 spiro atoms. The third kappa shape index (κ3) is 7.34. The van der Waals surface area contributed by atoms with Crippen LogP contribution in [0, 0.1) is 5.92 Å². The standard InChI is InChI=1S/C16H29NO4/c1-16(2,3)21-15(19)17-13(14(18)20-4)11-10-12-8-6-5-7-9-12/h12-13H,5-11H2,1-4H3,(H,17,19). The minimum Gasteiger partial charge on any atom is -0.467 e. The third-order valence-corrected chi connectivity index (χ3v) is 3.77. The largest absolute Gasteiger partial charge is 0.467 e. The minimum absolute atomic E-state index is 0.406. The summed E-state index contributed by atoms with van der Waals surface area (Å²) < 4.78 is 9.97. The van der Waals surface area contributed by atoms with Gasteiger partial charge in [-0.1, -0.05) is 32.1 Å². The number of hydrogen-bond donors (Lipinski definition) is 1. The lowest BCUT2D eigenvalue weighted by Crippen LogP contribution is -2.44. The van der Waals surface area contributed by atoms with E-state index in [2.05, 4.69) is 5.32 Å². The molecule has 1 aliphatic carbocycles. The molecule has 1 atom stereocenters. The van der Waals surface area contributed by atoms with Gasteiger partial charge in [-0.15, -0.1) is 0 Å². The van der Waals surface area contributed by atoms with E-state index in [1.807, 2.05) is 0 Å². The first-order valence-electron chi connectivity index (χ1n) is 7.89. The Balaban J connectivity index is 2.47. The monoisotopic (exact) mass is 299 g/mol. The highest BCUT2D eigenvalue weighted by Gasteiger charge is 2.26. The van der Waals surface area contributed by atoms with E-state index >= 15 is 0 Å². The van der Waals surface area contributed by atoms with Crippen LogP contribution in [0.15, 0.2) is 0 Å². The van der Waals surface area contributed by atoms with Crippen LogP contribution in [0.1, 0.15) is 65.7 Å². The molecule has 1 N–H and O–H groups in total. The average molecular weight is 299 g/mol.